The van der Waals surface area contributed by atoms with Gasteiger partial charge in [0.25, 0.3) is 0 Å². The second-order valence-corrected chi connectivity index (χ2v) is 5.12. The summed E-state index contributed by atoms with van der Waals surface area (Å²) < 4.78 is 5.22. The Labute approximate surface area is 94.2 Å². The highest BCUT2D eigenvalue weighted by atomic mass is 32.2. The van der Waals surface area contributed by atoms with Crippen LogP contribution in [0.4, 0.5) is 0 Å². The molecule has 1 aromatic rings. The van der Waals surface area contributed by atoms with Gasteiger partial charge in [-0.25, -0.2) is 0 Å². The molecule has 0 aromatic carbocycles. The number of hydrogen-bond donors (Lipinski definition) is 2. The molecule has 1 aliphatic heterocycles. The third-order valence-corrected chi connectivity index (χ3v) is 4.26. The number of rotatable bonds is 3. The Morgan fingerprint density at radius 1 is 1.53 bits per heavy atom. The van der Waals surface area contributed by atoms with Gasteiger partial charge in [0.1, 0.15) is 5.76 Å². The maximum atomic E-state index is 10.3. The smallest absolute Gasteiger partial charge is 0.114 e. The summed E-state index contributed by atoms with van der Waals surface area (Å²) in [5.74, 6) is 1.70. The van der Waals surface area contributed by atoms with Crippen LogP contribution in [0.2, 0.25) is 0 Å². The highest BCUT2D eigenvalue weighted by Crippen LogP contribution is 2.30. The second-order valence-electron chi connectivity index (χ2n) is 4.10. The van der Waals surface area contributed by atoms with Crippen LogP contribution in [-0.4, -0.2) is 29.5 Å². The Balaban J connectivity index is 1.89. The minimum atomic E-state index is -0.500. The number of thioether (sulfide) groups is 1. The van der Waals surface area contributed by atoms with E-state index in [9.17, 15) is 5.11 Å². The Bertz CT molecular complexity index is 318. The van der Waals surface area contributed by atoms with E-state index in [1.807, 2.05) is 13.0 Å². The van der Waals surface area contributed by atoms with Crippen molar-refractivity contribution in [2.75, 3.05) is 18.8 Å². The van der Waals surface area contributed by atoms with Gasteiger partial charge in [-0.05, 0) is 38.9 Å². The molecule has 0 bridgehead atoms. The first-order valence-corrected chi connectivity index (χ1v) is 6.28. The molecule has 2 heterocycles. The summed E-state index contributed by atoms with van der Waals surface area (Å²) in [7, 11) is 0. The fraction of sp³-hybridized carbons (Fsp3) is 0.636. The lowest BCUT2D eigenvalue weighted by Gasteiger charge is -2.32. The summed E-state index contributed by atoms with van der Waals surface area (Å²) in [6, 6.07) is 1.96. The number of aryl methyl sites for hydroxylation is 1. The molecule has 0 aliphatic carbocycles. The Morgan fingerprint density at radius 3 is 2.87 bits per heavy atom. The minimum absolute atomic E-state index is 0.500. The van der Waals surface area contributed by atoms with Gasteiger partial charge in [-0.3, -0.25) is 0 Å². The molecule has 15 heavy (non-hydrogen) atoms. The minimum Gasteiger partial charge on any atom is -0.468 e. The highest BCUT2D eigenvalue weighted by Gasteiger charge is 2.29. The zero-order valence-corrected chi connectivity index (χ0v) is 9.77. The fourth-order valence-corrected chi connectivity index (χ4v) is 2.89. The number of piperidine rings is 1. The quantitative estimate of drug-likeness (QED) is 0.773. The average Bonchev–Trinajstić information content (AvgIpc) is 2.62. The third kappa shape index (κ3) is 2.77. The molecule has 1 aromatic heterocycles. The van der Waals surface area contributed by atoms with E-state index >= 15 is 0 Å². The molecule has 0 unspecified atom stereocenters. The van der Waals surface area contributed by atoms with E-state index in [0.29, 0.717) is 0 Å². The molecule has 1 saturated heterocycles. The van der Waals surface area contributed by atoms with Crippen LogP contribution in [0.15, 0.2) is 21.6 Å². The Morgan fingerprint density at radius 2 is 2.27 bits per heavy atom. The van der Waals surface area contributed by atoms with Gasteiger partial charge >= 0.3 is 0 Å². The van der Waals surface area contributed by atoms with Gasteiger partial charge in [0.2, 0.25) is 0 Å². The van der Waals surface area contributed by atoms with E-state index in [-0.39, 0.29) is 0 Å². The van der Waals surface area contributed by atoms with Crippen LogP contribution in [0.25, 0.3) is 0 Å². The summed E-state index contributed by atoms with van der Waals surface area (Å²) in [4.78, 5) is 1.14. The summed E-state index contributed by atoms with van der Waals surface area (Å²) in [6.45, 7) is 3.79. The molecule has 1 aliphatic rings. The molecule has 1 fully saturated rings. The molecule has 0 atom stereocenters. The van der Waals surface area contributed by atoms with Gasteiger partial charge < -0.3 is 14.8 Å². The summed E-state index contributed by atoms with van der Waals surface area (Å²) >= 11 is 1.69. The molecular formula is C11H17NO2S. The van der Waals surface area contributed by atoms with Gasteiger partial charge in [-0.15, -0.1) is 11.8 Å². The van der Waals surface area contributed by atoms with E-state index in [1.165, 1.54) is 0 Å². The summed E-state index contributed by atoms with van der Waals surface area (Å²) in [6.07, 6.45) is 3.39. The van der Waals surface area contributed by atoms with Gasteiger partial charge in [0.05, 0.1) is 11.9 Å². The van der Waals surface area contributed by atoms with Crippen LogP contribution in [0, 0.1) is 6.92 Å². The molecule has 0 saturated carbocycles. The zero-order valence-electron chi connectivity index (χ0n) is 8.95. The van der Waals surface area contributed by atoms with E-state index in [0.717, 1.165) is 42.3 Å². The third-order valence-electron chi connectivity index (χ3n) is 2.84. The Kier molecular flexibility index (Phi) is 3.38. The summed E-state index contributed by atoms with van der Waals surface area (Å²) in [5, 5.41) is 13.5. The van der Waals surface area contributed by atoms with E-state index in [2.05, 4.69) is 5.32 Å². The van der Waals surface area contributed by atoms with E-state index in [1.54, 1.807) is 18.0 Å². The monoisotopic (exact) mass is 227 g/mol. The van der Waals surface area contributed by atoms with Gasteiger partial charge in [0.15, 0.2) is 0 Å². The van der Waals surface area contributed by atoms with Crippen molar-refractivity contribution in [2.24, 2.45) is 0 Å². The van der Waals surface area contributed by atoms with Crippen molar-refractivity contribution >= 4 is 11.8 Å². The van der Waals surface area contributed by atoms with Crippen molar-refractivity contribution in [2.45, 2.75) is 30.3 Å². The van der Waals surface area contributed by atoms with Crippen LogP contribution in [0.5, 0.6) is 0 Å². The molecule has 2 N–H and O–H groups in total. The first-order chi connectivity index (χ1) is 7.20. The maximum absolute atomic E-state index is 10.3. The molecule has 3 nitrogen and oxygen atoms in total. The SMILES string of the molecule is Cc1occc1SCC1(O)CCNCC1. The number of furan rings is 1. The zero-order chi connectivity index (χ0) is 10.7. The second kappa shape index (κ2) is 4.60. The van der Waals surface area contributed by atoms with Gasteiger partial charge in [-0.1, -0.05) is 0 Å². The lowest BCUT2D eigenvalue weighted by atomic mass is 9.95. The van der Waals surface area contributed by atoms with Crippen molar-refractivity contribution in [3.05, 3.63) is 18.1 Å². The van der Waals surface area contributed by atoms with Gasteiger partial charge in [-0.2, -0.15) is 0 Å². The van der Waals surface area contributed by atoms with E-state index < -0.39 is 5.60 Å². The first-order valence-electron chi connectivity index (χ1n) is 5.30. The van der Waals surface area contributed by atoms with Crippen LogP contribution in [-0.2, 0) is 0 Å². The van der Waals surface area contributed by atoms with Crippen LogP contribution in [0.1, 0.15) is 18.6 Å². The predicted octanol–water partition coefficient (Wildman–Crippen LogP) is 1.79. The first kappa shape index (κ1) is 11.0. The van der Waals surface area contributed by atoms with Gasteiger partial charge in [0, 0.05) is 10.6 Å². The number of aliphatic hydroxyl groups is 1. The Hall–Kier alpha value is -0.450. The van der Waals surface area contributed by atoms with Crippen LogP contribution in [0.3, 0.4) is 0 Å². The lowest BCUT2D eigenvalue weighted by molar-refractivity contribution is 0.0339. The molecule has 84 valence electrons. The lowest BCUT2D eigenvalue weighted by Crippen LogP contribution is -2.43. The molecule has 2 rings (SSSR count). The molecular weight excluding hydrogens is 210 g/mol. The van der Waals surface area contributed by atoms with E-state index in [4.69, 9.17) is 4.42 Å². The fourth-order valence-electron chi connectivity index (χ4n) is 1.77. The average molecular weight is 227 g/mol. The maximum Gasteiger partial charge on any atom is 0.114 e. The van der Waals surface area contributed by atoms with Crippen molar-refractivity contribution < 1.29 is 9.52 Å². The molecule has 0 radical (unpaired) electrons. The molecule has 0 amide bonds. The number of hydrogen-bond acceptors (Lipinski definition) is 4. The van der Waals surface area contributed by atoms with Crippen molar-refractivity contribution in [1.29, 1.82) is 0 Å². The van der Waals surface area contributed by atoms with Crippen molar-refractivity contribution in [3.8, 4) is 0 Å². The van der Waals surface area contributed by atoms with Crippen LogP contribution >= 0.6 is 11.8 Å². The van der Waals surface area contributed by atoms with Crippen molar-refractivity contribution in [3.63, 3.8) is 0 Å². The normalized spacial score (nSPS) is 20.4. The summed E-state index contributed by atoms with van der Waals surface area (Å²) in [5.41, 5.74) is -0.500. The number of nitrogens with one attached hydrogen (secondary N) is 1. The van der Waals surface area contributed by atoms with Crippen LogP contribution < -0.4 is 5.32 Å². The largest absolute Gasteiger partial charge is 0.468 e. The standard InChI is InChI=1S/C11H17NO2S/c1-9-10(2-7-14-9)15-8-11(13)3-5-12-6-4-11/h2,7,12-13H,3-6,8H2,1H3. The highest BCUT2D eigenvalue weighted by molar-refractivity contribution is 7.99. The topological polar surface area (TPSA) is 45.4 Å². The van der Waals surface area contributed by atoms with Crippen molar-refractivity contribution in [1.82, 2.24) is 5.32 Å². The predicted molar refractivity (Wildman–Crippen MR) is 61.2 cm³/mol. The molecule has 4 heteroatoms. The molecule has 0 spiro atoms.